The van der Waals surface area contributed by atoms with E-state index in [0.29, 0.717) is 12.3 Å². The highest BCUT2D eigenvalue weighted by Crippen LogP contribution is 2.20. The Morgan fingerprint density at radius 3 is 2.22 bits per heavy atom. The molecular weight excluding hydrogens is 304 g/mol. The van der Waals surface area contributed by atoms with Crippen LogP contribution in [0.25, 0.3) is 0 Å². The predicted molar refractivity (Wildman–Crippen MR) is 83.7 cm³/mol. The molecule has 0 spiro atoms. The van der Waals surface area contributed by atoms with E-state index in [4.69, 9.17) is 14.9 Å². The number of hydrogen-bond donors (Lipinski definition) is 4. The second-order valence-corrected chi connectivity index (χ2v) is 6.66. The van der Waals surface area contributed by atoms with Crippen LogP contribution in [0.3, 0.4) is 0 Å². The van der Waals surface area contributed by atoms with Crippen molar-refractivity contribution in [3.63, 3.8) is 0 Å². The van der Waals surface area contributed by atoms with Crippen LogP contribution in [0.15, 0.2) is 0 Å². The minimum Gasteiger partial charge on any atom is -0.481 e. The van der Waals surface area contributed by atoms with Crippen LogP contribution in [0.5, 0.6) is 0 Å². The number of carboxylic acid groups (broad SMARTS) is 1. The summed E-state index contributed by atoms with van der Waals surface area (Å²) < 4.78 is 5.02. The molecule has 2 unspecified atom stereocenters. The highest BCUT2D eigenvalue weighted by molar-refractivity contribution is 5.71. The standard InChI is InChI=1S/C8H16O4.C8H14O3/c1-5(2)7(10)3-6(9)4-8(11)12;1-5(2)7-3-6(9)4-8(10)11-7/h5-7,9-10H,3-4H2,1-2H3,(H,11,12);5-7,9H,3-4H2,1-2H3/t2*6-,7?/m11/s1. The van der Waals surface area contributed by atoms with E-state index in [1.54, 1.807) is 0 Å². The summed E-state index contributed by atoms with van der Waals surface area (Å²) in [7, 11) is 0. The first kappa shape index (κ1) is 21.8. The summed E-state index contributed by atoms with van der Waals surface area (Å²) in [6.07, 6.45) is -1.59. The number of aliphatic hydroxyl groups is 3. The molecule has 0 bridgehead atoms. The first-order chi connectivity index (χ1) is 10.5. The molecule has 0 aromatic rings. The molecular formula is C16H30O7. The molecule has 0 saturated carbocycles. The fraction of sp³-hybridized carbons (Fsp3) is 0.875. The molecule has 0 aliphatic carbocycles. The zero-order valence-electron chi connectivity index (χ0n) is 14.3. The van der Waals surface area contributed by atoms with Gasteiger partial charge < -0.3 is 25.2 Å². The van der Waals surface area contributed by atoms with Crippen LogP contribution >= 0.6 is 0 Å². The Bertz CT molecular complexity index is 367. The average molecular weight is 334 g/mol. The Morgan fingerprint density at radius 1 is 1.26 bits per heavy atom. The van der Waals surface area contributed by atoms with Gasteiger partial charge in [-0.2, -0.15) is 0 Å². The highest BCUT2D eigenvalue weighted by atomic mass is 16.5. The maximum Gasteiger partial charge on any atom is 0.308 e. The van der Waals surface area contributed by atoms with Gasteiger partial charge in [0, 0.05) is 12.8 Å². The molecule has 1 rings (SSSR count). The zero-order valence-corrected chi connectivity index (χ0v) is 14.3. The van der Waals surface area contributed by atoms with Crippen molar-refractivity contribution in [1.82, 2.24) is 0 Å². The summed E-state index contributed by atoms with van der Waals surface area (Å²) in [6.45, 7) is 7.60. The smallest absolute Gasteiger partial charge is 0.308 e. The van der Waals surface area contributed by atoms with Gasteiger partial charge in [0.15, 0.2) is 0 Å². The van der Waals surface area contributed by atoms with E-state index in [2.05, 4.69) is 0 Å². The van der Waals surface area contributed by atoms with Crippen LogP contribution in [0.1, 0.15) is 53.4 Å². The molecule has 136 valence electrons. The molecule has 1 aliphatic heterocycles. The first-order valence-electron chi connectivity index (χ1n) is 7.98. The normalized spacial score (nSPS) is 23.8. The van der Waals surface area contributed by atoms with Gasteiger partial charge in [0.05, 0.1) is 31.2 Å². The van der Waals surface area contributed by atoms with Gasteiger partial charge in [0.25, 0.3) is 0 Å². The molecule has 1 fully saturated rings. The van der Waals surface area contributed by atoms with Crippen LogP contribution in [-0.4, -0.2) is 56.8 Å². The fourth-order valence-corrected chi connectivity index (χ4v) is 2.05. The number of carboxylic acids is 1. The van der Waals surface area contributed by atoms with E-state index < -0.39 is 24.3 Å². The van der Waals surface area contributed by atoms with Crippen molar-refractivity contribution in [3.8, 4) is 0 Å². The van der Waals surface area contributed by atoms with Crippen LogP contribution in [-0.2, 0) is 14.3 Å². The quantitative estimate of drug-likeness (QED) is 0.533. The Hall–Kier alpha value is -1.18. The predicted octanol–water partition coefficient (Wildman–Crippen LogP) is 0.938. The molecule has 7 heteroatoms. The average Bonchev–Trinajstić information content (AvgIpc) is 2.36. The second-order valence-electron chi connectivity index (χ2n) is 6.66. The third-order valence-corrected chi connectivity index (χ3v) is 3.63. The van der Waals surface area contributed by atoms with Crippen molar-refractivity contribution in [2.24, 2.45) is 11.8 Å². The highest BCUT2D eigenvalue weighted by Gasteiger charge is 2.28. The van der Waals surface area contributed by atoms with Crippen molar-refractivity contribution in [2.75, 3.05) is 0 Å². The minimum atomic E-state index is -1.04. The molecule has 0 radical (unpaired) electrons. The topological polar surface area (TPSA) is 124 Å². The summed E-state index contributed by atoms with van der Waals surface area (Å²) in [5.41, 5.74) is 0. The monoisotopic (exact) mass is 334 g/mol. The van der Waals surface area contributed by atoms with Crippen LogP contribution in [0.4, 0.5) is 0 Å². The number of carbonyl (C=O) groups is 2. The third kappa shape index (κ3) is 10.3. The van der Waals surface area contributed by atoms with E-state index >= 15 is 0 Å². The van der Waals surface area contributed by atoms with Crippen LogP contribution < -0.4 is 0 Å². The zero-order chi connectivity index (χ0) is 18.2. The maximum atomic E-state index is 10.8. The Kier molecular flexibility index (Phi) is 10.0. The van der Waals surface area contributed by atoms with Crippen molar-refractivity contribution in [2.45, 2.75) is 77.8 Å². The van der Waals surface area contributed by atoms with Gasteiger partial charge in [0.1, 0.15) is 6.10 Å². The third-order valence-electron chi connectivity index (χ3n) is 3.63. The Labute approximate surface area is 137 Å². The summed E-state index contributed by atoms with van der Waals surface area (Å²) >= 11 is 0. The molecule has 0 aromatic heterocycles. The number of hydrogen-bond acceptors (Lipinski definition) is 6. The largest absolute Gasteiger partial charge is 0.481 e. The summed E-state index contributed by atoms with van der Waals surface area (Å²) in [5, 5.41) is 35.8. The molecule has 4 atom stereocenters. The lowest BCUT2D eigenvalue weighted by Gasteiger charge is -2.28. The van der Waals surface area contributed by atoms with Crippen LogP contribution in [0, 0.1) is 11.8 Å². The number of ether oxygens (including phenoxy) is 1. The Balaban J connectivity index is 0.000000422. The van der Waals surface area contributed by atoms with Gasteiger partial charge >= 0.3 is 11.9 Å². The lowest BCUT2D eigenvalue weighted by Crippen LogP contribution is -2.35. The number of cyclic esters (lactones) is 1. The van der Waals surface area contributed by atoms with Gasteiger partial charge in [-0.3, -0.25) is 9.59 Å². The van der Waals surface area contributed by atoms with Crippen molar-refractivity contribution < 1.29 is 34.8 Å². The van der Waals surface area contributed by atoms with Crippen LogP contribution in [0.2, 0.25) is 0 Å². The Morgan fingerprint density at radius 2 is 1.83 bits per heavy atom. The number of aliphatic hydroxyl groups excluding tert-OH is 3. The molecule has 0 amide bonds. The molecule has 23 heavy (non-hydrogen) atoms. The van der Waals surface area contributed by atoms with Gasteiger partial charge in [0.2, 0.25) is 0 Å². The van der Waals surface area contributed by atoms with E-state index in [9.17, 15) is 19.8 Å². The summed E-state index contributed by atoms with van der Waals surface area (Å²) in [5.74, 6) is -0.969. The van der Waals surface area contributed by atoms with E-state index in [1.807, 2.05) is 27.7 Å². The SMILES string of the molecule is CC(C)C(O)C[C@@H](O)CC(=O)O.CC(C)C1C[C@@H](O)CC(=O)O1. The number of aliphatic carboxylic acids is 1. The maximum absolute atomic E-state index is 10.8. The number of esters is 1. The fourth-order valence-electron chi connectivity index (χ4n) is 2.05. The summed E-state index contributed by atoms with van der Waals surface area (Å²) in [4.78, 5) is 20.9. The lowest BCUT2D eigenvalue weighted by atomic mass is 9.97. The van der Waals surface area contributed by atoms with Gasteiger partial charge in [-0.15, -0.1) is 0 Å². The number of carbonyl (C=O) groups excluding carboxylic acids is 1. The second kappa shape index (κ2) is 10.6. The van der Waals surface area contributed by atoms with Crippen molar-refractivity contribution in [3.05, 3.63) is 0 Å². The minimum absolute atomic E-state index is 0.0495. The molecule has 7 nitrogen and oxygen atoms in total. The van der Waals surface area contributed by atoms with Crippen molar-refractivity contribution >= 4 is 11.9 Å². The van der Waals surface area contributed by atoms with E-state index in [1.165, 1.54) is 0 Å². The summed E-state index contributed by atoms with van der Waals surface area (Å²) in [6, 6.07) is 0. The first-order valence-corrected chi connectivity index (χ1v) is 7.98. The molecule has 4 N–H and O–H groups in total. The van der Waals surface area contributed by atoms with E-state index in [-0.39, 0.29) is 37.3 Å². The van der Waals surface area contributed by atoms with Crippen molar-refractivity contribution in [1.29, 1.82) is 0 Å². The lowest BCUT2D eigenvalue weighted by molar-refractivity contribution is -0.163. The molecule has 0 aromatic carbocycles. The molecule has 1 saturated heterocycles. The van der Waals surface area contributed by atoms with E-state index in [0.717, 1.165) is 0 Å². The molecule has 1 aliphatic rings. The van der Waals surface area contributed by atoms with Gasteiger partial charge in [-0.05, 0) is 11.8 Å². The van der Waals surface area contributed by atoms with Gasteiger partial charge in [-0.25, -0.2) is 0 Å². The molecule has 1 heterocycles. The van der Waals surface area contributed by atoms with Gasteiger partial charge in [-0.1, -0.05) is 27.7 Å². The number of rotatable bonds is 6.